The molecule has 0 radical (unpaired) electrons. The number of nitrogen functional groups attached to an aromatic ring is 1. The molecular formula is C16H21N3O. The Labute approximate surface area is 120 Å². The summed E-state index contributed by atoms with van der Waals surface area (Å²) in [6.07, 6.45) is 0.926. The Balaban J connectivity index is 2.22. The minimum atomic E-state index is 0.488. The van der Waals surface area contributed by atoms with Crippen LogP contribution in [0.5, 0.6) is 5.88 Å². The van der Waals surface area contributed by atoms with Crippen molar-refractivity contribution in [2.75, 3.05) is 17.7 Å². The third-order valence-corrected chi connectivity index (χ3v) is 2.99. The van der Waals surface area contributed by atoms with Gasteiger partial charge in [0.2, 0.25) is 5.88 Å². The summed E-state index contributed by atoms with van der Waals surface area (Å²) >= 11 is 0. The molecule has 0 saturated heterocycles. The van der Waals surface area contributed by atoms with Crippen molar-refractivity contribution in [2.24, 2.45) is 0 Å². The highest BCUT2D eigenvalue weighted by molar-refractivity contribution is 5.63. The molecule has 20 heavy (non-hydrogen) atoms. The van der Waals surface area contributed by atoms with Gasteiger partial charge < -0.3 is 15.8 Å². The van der Waals surface area contributed by atoms with Crippen LogP contribution in [0.4, 0.5) is 17.2 Å². The van der Waals surface area contributed by atoms with Crippen LogP contribution in [0.1, 0.15) is 24.5 Å². The van der Waals surface area contributed by atoms with Crippen LogP contribution in [0.15, 0.2) is 30.3 Å². The lowest BCUT2D eigenvalue weighted by Crippen LogP contribution is -2.03. The van der Waals surface area contributed by atoms with Gasteiger partial charge in [-0.25, -0.2) is 0 Å². The average Bonchev–Trinajstić information content (AvgIpc) is 2.43. The van der Waals surface area contributed by atoms with Crippen LogP contribution >= 0.6 is 0 Å². The zero-order chi connectivity index (χ0) is 14.5. The van der Waals surface area contributed by atoms with E-state index in [4.69, 9.17) is 10.5 Å². The number of nitrogens with one attached hydrogen (secondary N) is 1. The normalized spacial score (nSPS) is 10.3. The molecule has 0 bridgehead atoms. The minimum Gasteiger partial charge on any atom is -0.476 e. The SMILES string of the molecule is CCCOc1nc(Nc2cc(C)ccc2C)ccc1N. The van der Waals surface area contributed by atoms with E-state index in [0.29, 0.717) is 18.2 Å². The molecule has 0 fully saturated rings. The van der Waals surface area contributed by atoms with E-state index >= 15 is 0 Å². The van der Waals surface area contributed by atoms with Crippen LogP contribution in [0.3, 0.4) is 0 Å². The van der Waals surface area contributed by atoms with Gasteiger partial charge in [0.25, 0.3) is 0 Å². The van der Waals surface area contributed by atoms with Gasteiger partial charge in [-0.2, -0.15) is 4.98 Å². The molecule has 4 nitrogen and oxygen atoms in total. The average molecular weight is 271 g/mol. The fourth-order valence-electron chi connectivity index (χ4n) is 1.84. The Bertz CT molecular complexity index is 596. The molecular weight excluding hydrogens is 250 g/mol. The Morgan fingerprint density at radius 1 is 1.20 bits per heavy atom. The fourth-order valence-corrected chi connectivity index (χ4v) is 1.84. The van der Waals surface area contributed by atoms with Crippen molar-refractivity contribution in [2.45, 2.75) is 27.2 Å². The maximum absolute atomic E-state index is 5.86. The quantitative estimate of drug-likeness (QED) is 0.868. The Hall–Kier alpha value is -2.23. The molecule has 2 rings (SSSR count). The molecule has 0 spiro atoms. The van der Waals surface area contributed by atoms with Crippen LogP contribution in [0.2, 0.25) is 0 Å². The number of hydrogen-bond acceptors (Lipinski definition) is 4. The second kappa shape index (κ2) is 6.28. The molecule has 0 aliphatic rings. The third-order valence-electron chi connectivity index (χ3n) is 2.99. The van der Waals surface area contributed by atoms with Gasteiger partial charge in [-0.1, -0.05) is 19.1 Å². The molecule has 0 aliphatic carbocycles. The summed E-state index contributed by atoms with van der Waals surface area (Å²) < 4.78 is 5.54. The molecule has 1 heterocycles. The van der Waals surface area contributed by atoms with E-state index in [1.807, 2.05) is 19.1 Å². The van der Waals surface area contributed by atoms with Crippen LogP contribution in [-0.4, -0.2) is 11.6 Å². The Morgan fingerprint density at radius 3 is 2.75 bits per heavy atom. The van der Waals surface area contributed by atoms with Crippen molar-refractivity contribution in [3.63, 3.8) is 0 Å². The number of rotatable bonds is 5. The molecule has 0 aliphatic heterocycles. The largest absolute Gasteiger partial charge is 0.476 e. The molecule has 2 aromatic rings. The molecule has 1 aromatic heterocycles. The van der Waals surface area contributed by atoms with E-state index in [0.717, 1.165) is 17.9 Å². The van der Waals surface area contributed by atoms with Gasteiger partial charge in [0.15, 0.2) is 0 Å². The summed E-state index contributed by atoms with van der Waals surface area (Å²) in [7, 11) is 0. The lowest BCUT2D eigenvalue weighted by Gasteiger charge is -2.12. The summed E-state index contributed by atoms with van der Waals surface area (Å²) in [5.74, 6) is 1.22. The van der Waals surface area contributed by atoms with Crippen LogP contribution < -0.4 is 15.8 Å². The molecule has 3 N–H and O–H groups in total. The molecule has 0 unspecified atom stereocenters. The first-order valence-corrected chi connectivity index (χ1v) is 6.83. The lowest BCUT2D eigenvalue weighted by molar-refractivity contribution is 0.307. The predicted octanol–water partition coefficient (Wildman–Crippen LogP) is 3.81. The second-order valence-electron chi connectivity index (χ2n) is 4.88. The Kier molecular flexibility index (Phi) is 4.45. The van der Waals surface area contributed by atoms with Crippen LogP contribution in [0.25, 0.3) is 0 Å². The second-order valence-corrected chi connectivity index (χ2v) is 4.88. The summed E-state index contributed by atoms with van der Waals surface area (Å²) in [5.41, 5.74) is 9.84. The maximum Gasteiger partial charge on any atom is 0.239 e. The van der Waals surface area contributed by atoms with Crippen molar-refractivity contribution in [1.29, 1.82) is 0 Å². The molecule has 106 valence electrons. The number of aryl methyl sites for hydroxylation is 2. The predicted molar refractivity (Wildman–Crippen MR) is 83.6 cm³/mol. The first kappa shape index (κ1) is 14.2. The highest BCUT2D eigenvalue weighted by Gasteiger charge is 2.06. The van der Waals surface area contributed by atoms with E-state index in [9.17, 15) is 0 Å². The van der Waals surface area contributed by atoms with Gasteiger partial charge in [0.05, 0.1) is 12.3 Å². The van der Waals surface area contributed by atoms with Gasteiger partial charge in [-0.3, -0.25) is 0 Å². The first-order valence-electron chi connectivity index (χ1n) is 6.83. The van der Waals surface area contributed by atoms with E-state index in [1.165, 1.54) is 11.1 Å². The smallest absolute Gasteiger partial charge is 0.239 e. The summed E-state index contributed by atoms with van der Waals surface area (Å²) in [6.45, 7) is 6.79. The van der Waals surface area contributed by atoms with Crippen molar-refractivity contribution < 1.29 is 4.74 Å². The number of anilines is 3. The van der Waals surface area contributed by atoms with Gasteiger partial charge in [0.1, 0.15) is 5.82 Å². The van der Waals surface area contributed by atoms with E-state index in [-0.39, 0.29) is 0 Å². The maximum atomic E-state index is 5.86. The molecule has 0 amide bonds. The third kappa shape index (κ3) is 3.41. The molecule has 0 saturated carbocycles. The minimum absolute atomic E-state index is 0.488. The van der Waals surface area contributed by atoms with E-state index < -0.39 is 0 Å². The van der Waals surface area contributed by atoms with Crippen molar-refractivity contribution in [3.05, 3.63) is 41.5 Å². The van der Waals surface area contributed by atoms with Crippen LogP contribution in [0, 0.1) is 13.8 Å². The standard InChI is InChI=1S/C16H21N3O/c1-4-9-20-16-13(17)7-8-15(19-16)18-14-10-11(2)5-6-12(14)3/h5-8,10H,4,9,17H2,1-3H3,(H,18,19). The summed E-state index contributed by atoms with van der Waals surface area (Å²) in [5, 5.41) is 3.31. The lowest BCUT2D eigenvalue weighted by atomic mass is 10.1. The molecule has 0 atom stereocenters. The number of nitrogens with zero attached hydrogens (tertiary/aromatic N) is 1. The number of hydrogen-bond donors (Lipinski definition) is 2. The van der Waals surface area contributed by atoms with Crippen molar-refractivity contribution in [3.8, 4) is 5.88 Å². The highest BCUT2D eigenvalue weighted by atomic mass is 16.5. The first-order chi connectivity index (χ1) is 9.60. The number of nitrogens with two attached hydrogens (primary N) is 1. The summed E-state index contributed by atoms with van der Waals surface area (Å²) in [4.78, 5) is 4.42. The van der Waals surface area contributed by atoms with Crippen LogP contribution in [-0.2, 0) is 0 Å². The van der Waals surface area contributed by atoms with Gasteiger partial charge in [0, 0.05) is 5.69 Å². The van der Waals surface area contributed by atoms with Crippen molar-refractivity contribution in [1.82, 2.24) is 4.98 Å². The van der Waals surface area contributed by atoms with Crippen molar-refractivity contribution >= 4 is 17.2 Å². The summed E-state index contributed by atoms with van der Waals surface area (Å²) in [6, 6.07) is 9.94. The highest BCUT2D eigenvalue weighted by Crippen LogP contribution is 2.25. The van der Waals surface area contributed by atoms with Gasteiger partial charge in [-0.05, 0) is 49.6 Å². The number of benzene rings is 1. The molecule has 1 aromatic carbocycles. The number of pyridine rings is 1. The van der Waals surface area contributed by atoms with E-state index in [2.05, 4.69) is 42.3 Å². The monoisotopic (exact) mass is 271 g/mol. The fraction of sp³-hybridized carbons (Fsp3) is 0.312. The van der Waals surface area contributed by atoms with Gasteiger partial charge in [-0.15, -0.1) is 0 Å². The zero-order valence-electron chi connectivity index (χ0n) is 12.2. The number of ether oxygens (including phenoxy) is 1. The van der Waals surface area contributed by atoms with E-state index in [1.54, 1.807) is 0 Å². The Morgan fingerprint density at radius 2 is 2.00 bits per heavy atom. The van der Waals surface area contributed by atoms with Gasteiger partial charge >= 0.3 is 0 Å². The topological polar surface area (TPSA) is 60.2 Å². The zero-order valence-corrected chi connectivity index (χ0v) is 12.2. The molecule has 4 heteroatoms. The number of aromatic nitrogens is 1.